The van der Waals surface area contributed by atoms with E-state index >= 15 is 0 Å². The van der Waals surface area contributed by atoms with Gasteiger partial charge in [0.2, 0.25) is 5.79 Å². The van der Waals surface area contributed by atoms with Crippen LogP contribution in [0.15, 0.2) is 0 Å². The minimum Gasteiger partial charge on any atom is -0.391 e. The van der Waals surface area contributed by atoms with Crippen LogP contribution in [-0.2, 0) is 32.0 Å². The van der Waals surface area contributed by atoms with Gasteiger partial charge in [-0.3, -0.25) is 9.05 Å². The van der Waals surface area contributed by atoms with Crippen LogP contribution in [0, 0.1) is 0 Å². The largest absolute Gasteiger partial charge is 0.472 e. The molecule has 0 aliphatic carbocycles. The average Bonchev–Trinajstić information content (AvgIpc) is 2.33. The molecule has 0 aromatic rings. The summed E-state index contributed by atoms with van der Waals surface area (Å²) in [7, 11) is -16.3. The molecule has 1 aliphatic heterocycles. The van der Waals surface area contributed by atoms with Gasteiger partial charge in [0.05, 0.1) is 6.61 Å². The molecular formula is C6H15O15P3. The molecule has 4 atom stereocenters. The first-order valence-corrected chi connectivity index (χ1v) is 10.3. The summed E-state index contributed by atoms with van der Waals surface area (Å²) in [4.78, 5) is 53.1. The van der Waals surface area contributed by atoms with Gasteiger partial charge in [-0.25, -0.2) is 18.2 Å². The number of hydrogen-bond donors (Lipinski definition) is 8. The van der Waals surface area contributed by atoms with Crippen LogP contribution >= 0.6 is 23.5 Å². The highest BCUT2D eigenvalue weighted by atomic mass is 31.2. The first kappa shape index (κ1) is 22.3. The van der Waals surface area contributed by atoms with Crippen molar-refractivity contribution in [2.45, 2.75) is 24.1 Å². The average molecular weight is 420 g/mol. The summed E-state index contributed by atoms with van der Waals surface area (Å²) in [6, 6.07) is 0. The van der Waals surface area contributed by atoms with Gasteiger partial charge in [0.25, 0.3) is 0 Å². The predicted molar refractivity (Wildman–Crippen MR) is 68.7 cm³/mol. The second-order valence-corrected chi connectivity index (χ2v) is 8.06. The molecule has 24 heavy (non-hydrogen) atoms. The van der Waals surface area contributed by atoms with E-state index in [1.165, 1.54) is 0 Å². The zero-order valence-electron chi connectivity index (χ0n) is 11.4. The third-order valence-electron chi connectivity index (χ3n) is 2.61. The van der Waals surface area contributed by atoms with Crippen molar-refractivity contribution in [3.8, 4) is 0 Å². The Morgan fingerprint density at radius 1 is 0.958 bits per heavy atom. The van der Waals surface area contributed by atoms with Gasteiger partial charge in [0, 0.05) is 0 Å². The zero-order valence-corrected chi connectivity index (χ0v) is 14.1. The van der Waals surface area contributed by atoms with Crippen LogP contribution in [0.5, 0.6) is 0 Å². The van der Waals surface area contributed by atoms with Crippen molar-refractivity contribution < 1.29 is 71.6 Å². The molecule has 0 aromatic heterocycles. The molecule has 1 rings (SSSR count). The van der Waals surface area contributed by atoms with Crippen LogP contribution in [0.4, 0.5) is 0 Å². The summed E-state index contributed by atoms with van der Waals surface area (Å²) in [5.74, 6) is -3.00. The molecule has 0 spiro atoms. The summed E-state index contributed by atoms with van der Waals surface area (Å²) in [5.41, 5.74) is 0. The second-order valence-electron chi connectivity index (χ2n) is 4.51. The lowest BCUT2D eigenvalue weighted by Crippen LogP contribution is -2.64. The number of phosphoric ester groups is 3. The van der Waals surface area contributed by atoms with Crippen molar-refractivity contribution in [3.63, 3.8) is 0 Å². The number of aliphatic hydroxyl groups excluding tert-OH is 2. The van der Waals surface area contributed by atoms with Gasteiger partial charge in [0.15, 0.2) is 6.10 Å². The van der Waals surface area contributed by atoms with Gasteiger partial charge in [-0.2, -0.15) is 0 Å². The van der Waals surface area contributed by atoms with E-state index in [0.717, 1.165) is 0 Å². The normalized spacial score (nSPS) is 32.8. The van der Waals surface area contributed by atoms with Crippen LogP contribution in [0.25, 0.3) is 0 Å². The SMILES string of the molecule is O=P(O)(O)O[C@@H]1[C@H](O)CO[C@@](CO)(OP(=O)(O)O)[C@H]1OP(=O)(O)O. The molecule has 0 radical (unpaired) electrons. The molecule has 0 aromatic carbocycles. The van der Waals surface area contributed by atoms with E-state index in [1.807, 2.05) is 0 Å². The van der Waals surface area contributed by atoms with E-state index in [0.29, 0.717) is 0 Å². The zero-order chi connectivity index (χ0) is 19.0. The number of phosphoric acid groups is 3. The smallest absolute Gasteiger partial charge is 0.391 e. The fourth-order valence-corrected chi connectivity index (χ4v) is 3.63. The van der Waals surface area contributed by atoms with Crippen molar-refractivity contribution >= 4 is 23.5 Å². The van der Waals surface area contributed by atoms with Crippen LogP contribution < -0.4 is 0 Å². The Morgan fingerprint density at radius 2 is 1.46 bits per heavy atom. The number of aliphatic hydroxyl groups is 2. The van der Waals surface area contributed by atoms with E-state index < -0.39 is 60.8 Å². The third kappa shape index (κ3) is 6.50. The van der Waals surface area contributed by atoms with Crippen molar-refractivity contribution in [2.24, 2.45) is 0 Å². The highest BCUT2D eigenvalue weighted by molar-refractivity contribution is 7.47. The Bertz CT molecular complexity index is 574. The molecule has 1 aliphatic rings. The highest BCUT2D eigenvalue weighted by Crippen LogP contribution is 2.52. The van der Waals surface area contributed by atoms with Crippen LogP contribution in [-0.4, -0.2) is 76.9 Å². The Kier molecular flexibility index (Phi) is 6.90. The minimum absolute atomic E-state index is 0.938. The summed E-state index contributed by atoms with van der Waals surface area (Å²) < 4.78 is 50.1. The molecule has 1 saturated heterocycles. The summed E-state index contributed by atoms with van der Waals surface area (Å²) in [6.45, 7) is -2.43. The maximum atomic E-state index is 11.0. The van der Waals surface area contributed by atoms with E-state index in [1.54, 1.807) is 0 Å². The van der Waals surface area contributed by atoms with Gasteiger partial charge in [-0.05, 0) is 0 Å². The summed E-state index contributed by atoms with van der Waals surface area (Å²) in [6.07, 6.45) is -6.78. The van der Waals surface area contributed by atoms with Crippen molar-refractivity contribution in [1.82, 2.24) is 0 Å². The van der Waals surface area contributed by atoms with E-state index in [4.69, 9.17) is 34.1 Å². The summed E-state index contributed by atoms with van der Waals surface area (Å²) >= 11 is 0. The third-order valence-corrected chi connectivity index (χ3v) is 4.18. The Labute approximate surface area is 133 Å². The fraction of sp³-hybridized carbons (Fsp3) is 1.00. The molecule has 1 fully saturated rings. The fourth-order valence-electron chi connectivity index (χ4n) is 1.87. The maximum absolute atomic E-state index is 11.0. The molecule has 0 saturated carbocycles. The monoisotopic (exact) mass is 420 g/mol. The van der Waals surface area contributed by atoms with Gasteiger partial charge >= 0.3 is 23.5 Å². The minimum atomic E-state index is -5.49. The molecule has 0 bridgehead atoms. The molecule has 1 heterocycles. The van der Waals surface area contributed by atoms with E-state index in [2.05, 4.69) is 13.6 Å². The lowest BCUT2D eigenvalue weighted by Gasteiger charge is -2.46. The number of rotatable bonds is 7. The van der Waals surface area contributed by atoms with Crippen LogP contribution in [0.2, 0.25) is 0 Å². The van der Waals surface area contributed by atoms with Gasteiger partial charge in [-0.15, -0.1) is 0 Å². The molecule has 8 N–H and O–H groups in total. The molecular weight excluding hydrogens is 405 g/mol. The molecule has 0 unspecified atom stereocenters. The van der Waals surface area contributed by atoms with Gasteiger partial charge in [0.1, 0.15) is 18.8 Å². The van der Waals surface area contributed by atoms with Gasteiger partial charge < -0.3 is 44.3 Å². The first-order valence-electron chi connectivity index (χ1n) is 5.76. The predicted octanol–water partition coefficient (Wildman–Crippen LogP) is -2.87. The molecule has 0 amide bonds. The molecule has 144 valence electrons. The first-order chi connectivity index (χ1) is 10.6. The van der Waals surface area contributed by atoms with E-state index in [9.17, 15) is 23.9 Å². The number of hydrogen-bond acceptors (Lipinski definition) is 9. The Balaban J connectivity index is 3.36. The Morgan fingerprint density at radius 3 is 1.83 bits per heavy atom. The van der Waals surface area contributed by atoms with Gasteiger partial charge in [-0.1, -0.05) is 0 Å². The Hall–Kier alpha value is 0.210. The topological polar surface area (TPSA) is 250 Å². The van der Waals surface area contributed by atoms with Crippen molar-refractivity contribution in [1.29, 1.82) is 0 Å². The maximum Gasteiger partial charge on any atom is 0.472 e. The number of ether oxygens (including phenoxy) is 1. The summed E-state index contributed by atoms with van der Waals surface area (Å²) in [5, 5.41) is 19.0. The lowest BCUT2D eigenvalue weighted by molar-refractivity contribution is -0.316. The molecule has 18 heteroatoms. The lowest BCUT2D eigenvalue weighted by atomic mass is 9.97. The standard InChI is InChI=1S/C6H15O15P3/c7-2-6(21-24(15,16)17)5(20-23(12,13)14)4(3(8)1-18-6)19-22(9,10)11/h3-5,7-8H,1-2H2,(H2,9,10,11)(H2,12,13,14)(H2,15,16,17)/t3-,4-,5+,6+/m1/s1. The highest BCUT2D eigenvalue weighted by Gasteiger charge is 2.59. The van der Waals surface area contributed by atoms with E-state index in [-0.39, 0.29) is 0 Å². The molecule has 15 nitrogen and oxygen atoms in total. The quantitative estimate of drug-likeness (QED) is 0.193. The van der Waals surface area contributed by atoms with Crippen LogP contribution in [0.1, 0.15) is 0 Å². The second kappa shape index (κ2) is 7.45. The van der Waals surface area contributed by atoms with Crippen LogP contribution in [0.3, 0.4) is 0 Å². The van der Waals surface area contributed by atoms with Crippen molar-refractivity contribution in [2.75, 3.05) is 13.2 Å². The van der Waals surface area contributed by atoms with Crippen molar-refractivity contribution in [3.05, 3.63) is 0 Å².